The Balaban J connectivity index is 2.26. The SMILES string of the molecule is CC1CCCCCN1C(C)c1c(O)cccc1O. The van der Waals surface area contributed by atoms with Crippen molar-refractivity contribution >= 4 is 0 Å². The zero-order chi connectivity index (χ0) is 13.1. The summed E-state index contributed by atoms with van der Waals surface area (Å²) < 4.78 is 0. The zero-order valence-electron chi connectivity index (χ0n) is 11.3. The molecule has 1 fully saturated rings. The predicted molar refractivity (Wildman–Crippen MR) is 72.8 cm³/mol. The van der Waals surface area contributed by atoms with Crippen LogP contribution >= 0.6 is 0 Å². The van der Waals surface area contributed by atoms with Gasteiger partial charge in [-0.05, 0) is 45.4 Å². The lowest BCUT2D eigenvalue weighted by Crippen LogP contribution is -2.35. The fourth-order valence-electron chi connectivity index (χ4n) is 3.01. The summed E-state index contributed by atoms with van der Waals surface area (Å²) in [6, 6.07) is 5.52. The highest BCUT2D eigenvalue weighted by molar-refractivity contribution is 5.45. The summed E-state index contributed by atoms with van der Waals surface area (Å²) in [7, 11) is 0. The van der Waals surface area contributed by atoms with Crippen LogP contribution < -0.4 is 0 Å². The Morgan fingerprint density at radius 1 is 1.17 bits per heavy atom. The minimum atomic E-state index is 0.0549. The lowest BCUT2D eigenvalue weighted by atomic mass is 10.0. The highest BCUT2D eigenvalue weighted by atomic mass is 16.3. The van der Waals surface area contributed by atoms with E-state index in [2.05, 4.69) is 18.7 Å². The van der Waals surface area contributed by atoms with Crippen LogP contribution in [0.3, 0.4) is 0 Å². The molecule has 0 bridgehead atoms. The van der Waals surface area contributed by atoms with Crippen molar-refractivity contribution in [2.45, 2.75) is 51.6 Å². The molecule has 1 aliphatic rings. The van der Waals surface area contributed by atoms with Gasteiger partial charge < -0.3 is 10.2 Å². The molecule has 2 unspecified atom stereocenters. The van der Waals surface area contributed by atoms with Crippen LogP contribution in [0.4, 0.5) is 0 Å². The Hall–Kier alpha value is -1.22. The van der Waals surface area contributed by atoms with Crippen molar-refractivity contribution in [2.24, 2.45) is 0 Å². The van der Waals surface area contributed by atoms with Gasteiger partial charge in [0.15, 0.2) is 0 Å². The van der Waals surface area contributed by atoms with Gasteiger partial charge in [0.2, 0.25) is 0 Å². The van der Waals surface area contributed by atoms with E-state index in [9.17, 15) is 10.2 Å². The van der Waals surface area contributed by atoms with Crippen LogP contribution in [-0.2, 0) is 0 Å². The van der Waals surface area contributed by atoms with Crippen molar-refractivity contribution in [3.05, 3.63) is 23.8 Å². The highest BCUT2D eigenvalue weighted by Crippen LogP contribution is 2.37. The van der Waals surface area contributed by atoms with Crippen molar-refractivity contribution in [3.63, 3.8) is 0 Å². The molecule has 3 heteroatoms. The van der Waals surface area contributed by atoms with E-state index in [4.69, 9.17) is 0 Å². The van der Waals surface area contributed by atoms with Gasteiger partial charge in [-0.2, -0.15) is 0 Å². The molecular formula is C15H23NO2. The van der Waals surface area contributed by atoms with Gasteiger partial charge in [0.1, 0.15) is 11.5 Å². The maximum atomic E-state index is 9.96. The Morgan fingerprint density at radius 2 is 1.83 bits per heavy atom. The third-order valence-corrected chi connectivity index (χ3v) is 4.08. The quantitative estimate of drug-likeness (QED) is 0.844. The first kappa shape index (κ1) is 13.2. The fraction of sp³-hybridized carbons (Fsp3) is 0.600. The van der Waals surface area contributed by atoms with Gasteiger partial charge in [0, 0.05) is 12.1 Å². The first-order valence-corrected chi connectivity index (χ1v) is 6.88. The molecule has 0 radical (unpaired) electrons. The Morgan fingerprint density at radius 3 is 2.50 bits per heavy atom. The number of benzene rings is 1. The second-order valence-corrected chi connectivity index (χ2v) is 5.32. The molecule has 3 nitrogen and oxygen atoms in total. The van der Waals surface area contributed by atoms with E-state index < -0.39 is 0 Å². The first-order valence-electron chi connectivity index (χ1n) is 6.88. The van der Waals surface area contributed by atoms with Crippen LogP contribution in [0.5, 0.6) is 11.5 Å². The number of hydrogen-bond acceptors (Lipinski definition) is 3. The van der Waals surface area contributed by atoms with Gasteiger partial charge in [-0.25, -0.2) is 0 Å². The summed E-state index contributed by atoms with van der Waals surface area (Å²) in [6.07, 6.45) is 4.94. The van der Waals surface area contributed by atoms with Crippen molar-refractivity contribution in [2.75, 3.05) is 6.54 Å². The molecule has 0 aromatic heterocycles. The van der Waals surface area contributed by atoms with Gasteiger partial charge in [0.25, 0.3) is 0 Å². The number of aromatic hydroxyl groups is 2. The first-order chi connectivity index (χ1) is 8.61. The number of likely N-dealkylation sites (tertiary alicyclic amines) is 1. The maximum absolute atomic E-state index is 9.96. The molecule has 1 aromatic rings. The topological polar surface area (TPSA) is 43.7 Å². The normalized spacial score (nSPS) is 23.6. The number of phenols is 2. The molecule has 0 amide bonds. The fourth-order valence-corrected chi connectivity index (χ4v) is 3.01. The minimum Gasteiger partial charge on any atom is -0.507 e. The molecule has 18 heavy (non-hydrogen) atoms. The van der Waals surface area contributed by atoms with Gasteiger partial charge in [-0.1, -0.05) is 18.9 Å². The zero-order valence-corrected chi connectivity index (χ0v) is 11.3. The summed E-state index contributed by atoms with van der Waals surface area (Å²) in [4.78, 5) is 2.39. The monoisotopic (exact) mass is 249 g/mol. The van der Waals surface area contributed by atoms with Gasteiger partial charge in [0.05, 0.1) is 5.56 Å². The average molecular weight is 249 g/mol. The number of hydrogen-bond donors (Lipinski definition) is 2. The molecule has 0 saturated carbocycles. The van der Waals surface area contributed by atoms with Crippen LogP contribution in [0.2, 0.25) is 0 Å². The number of nitrogens with zero attached hydrogens (tertiary/aromatic N) is 1. The maximum Gasteiger partial charge on any atom is 0.124 e. The Labute approximate surface area is 109 Å². The number of rotatable bonds is 2. The molecule has 1 aliphatic heterocycles. The lowest BCUT2D eigenvalue weighted by Gasteiger charge is -2.33. The molecular weight excluding hydrogens is 226 g/mol. The van der Waals surface area contributed by atoms with Crippen LogP contribution in [-0.4, -0.2) is 27.7 Å². The third kappa shape index (κ3) is 2.61. The van der Waals surface area contributed by atoms with E-state index in [1.807, 2.05) is 0 Å². The van der Waals surface area contributed by atoms with E-state index in [1.165, 1.54) is 25.7 Å². The van der Waals surface area contributed by atoms with Crippen LogP contribution in [0.25, 0.3) is 0 Å². The summed E-state index contributed by atoms with van der Waals surface area (Å²) in [6.45, 7) is 5.34. The Bertz CT molecular complexity index is 385. The summed E-state index contributed by atoms with van der Waals surface area (Å²) in [5.41, 5.74) is 0.659. The lowest BCUT2D eigenvalue weighted by molar-refractivity contribution is 0.153. The van der Waals surface area contributed by atoms with Crippen molar-refractivity contribution in [1.29, 1.82) is 0 Å². The van der Waals surface area contributed by atoms with Crippen molar-refractivity contribution in [3.8, 4) is 11.5 Å². The molecule has 0 aliphatic carbocycles. The van der Waals surface area contributed by atoms with Gasteiger partial charge in [-0.3, -0.25) is 4.90 Å². The van der Waals surface area contributed by atoms with Crippen LogP contribution in [0, 0.1) is 0 Å². The Kier molecular flexibility index (Phi) is 4.12. The van der Waals surface area contributed by atoms with E-state index >= 15 is 0 Å². The van der Waals surface area contributed by atoms with E-state index in [-0.39, 0.29) is 17.5 Å². The average Bonchev–Trinajstić information content (AvgIpc) is 2.53. The standard InChI is InChI=1S/C15H23NO2/c1-11-7-4-3-5-10-16(11)12(2)15-13(17)8-6-9-14(15)18/h6,8-9,11-12,17-18H,3-5,7,10H2,1-2H3. The molecule has 2 rings (SSSR count). The highest BCUT2D eigenvalue weighted by Gasteiger charge is 2.26. The second kappa shape index (κ2) is 5.61. The summed E-state index contributed by atoms with van der Waals surface area (Å²) in [5, 5.41) is 19.9. The minimum absolute atomic E-state index is 0.0549. The van der Waals surface area contributed by atoms with Crippen LogP contribution in [0.15, 0.2) is 18.2 Å². The summed E-state index contributed by atoms with van der Waals surface area (Å²) >= 11 is 0. The molecule has 0 spiro atoms. The van der Waals surface area contributed by atoms with Crippen molar-refractivity contribution < 1.29 is 10.2 Å². The smallest absolute Gasteiger partial charge is 0.124 e. The second-order valence-electron chi connectivity index (χ2n) is 5.32. The molecule has 2 N–H and O–H groups in total. The molecule has 100 valence electrons. The van der Waals surface area contributed by atoms with Gasteiger partial charge >= 0.3 is 0 Å². The van der Waals surface area contributed by atoms with E-state index in [1.54, 1.807) is 18.2 Å². The van der Waals surface area contributed by atoms with Crippen molar-refractivity contribution in [1.82, 2.24) is 4.90 Å². The predicted octanol–water partition coefficient (Wildman–Crippen LogP) is 3.42. The van der Waals surface area contributed by atoms with Crippen LogP contribution in [0.1, 0.15) is 51.1 Å². The van der Waals surface area contributed by atoms with E-state index in [0.717, 1.165) is 6.54 Å². The molecule has 2 atom stereocenters. The molecule has 1 heterocycles. The molecule has 1 saturated heterocycles. The van der Waals surface area contributed by atoms with Gasteiger partial charge in [-0.15, -0.1) is 0 Å². The largest absolute Gasteiger partial charge is 0.507 e. The summed E-state index contributed by atoms with van der Waals surface area (Å²) in [5.74, 6) is 0.387. The molecule has 1 aromatic carbocycles. The number of phenolic OH excluding ortho intramolecular Hbond substituents is 2. The van der Waals surface area contributed by atoms with E-state index in [0.29, 0.717) is 11.6 Å². The third-order valence-electron chi connectivity index (χ3n) is 4.08.